The highest BCUT2D eigenvalue weighted by Crippen LogP contribution is 2.22. The van der Waals surface area contributed by atoms with Crippen molar-refractivity contribution in [2.45, 2.75) is 39.0 Å². The van der Waals surface area contributed by atoms with Gasteiger partial charge in [-0.05, 0) is 38.2 Å². The molecule has 1 aromatic heterocycles. The van der Waals surface area contributed by atoms with Crippen LogP contribution in [0.3, 0.4) is 0 Å². The van der Waals surface area contributed by atoms with Crippen molar-refractivity contribution in [1.82, 2.24) is 9.97 Å². The minimum atomic E-state index is 0.422. The van der Waals surface area contributed by atoms with Crippen LogP contribution in [-0.4, -0.2) is 9.97 Å². The molecule has 0 atom stereocenters. The summed E-state index contributed by atoms with van der Waals surface area (Å²) in [5.41, 5.74) is 3.37. The van der Waals surface area contributed by atoms with Gasteiger partial charge < -0.3 is 0 Å². The van der Waals surface area contributed by atoms with Crippen molar-refractivity contribution in [1.29, 1.82) is 5.26 Å². The molecule has 0 fully saturated rings. The van der Waals surface area contributed by atoms with Gasteiger partial charge in [-0.2, -0.15) is 5.26 Å². The zero-order valence-corrected chi connectivity index (χ0v) is 8.38. The van der Waals surface area contributed by atoms with E-state index >= 15 is 0 Å². The Bertz CT molecular complexity index is 390. The van der Waals surface area contributed by atoms with E-state index in [2.05, 4.69) is 16.0 Å². The van der Waals surface area contributed by atoms with Crippen LogP contribution in [0.25, 0.3) is 0 Å². The molecule has 0 aliphatic heterocycles. The SMILES string of the molecule is Cc1nc(CC#N)c2c(n1)CCCC2. The fourth-order valence-corrected chi connectivity index (χ4v) is 2.03. The van der Waals surface area contributed by atoms with E-state index in [4.69, 9.17) is 5.26 Å². The van der Waals surface area contributed by atoms with Crippen LogP contribution < -0.4 is 0 Å². The highest BCUT2D eigenvalue weighted by Gasteiger charge is 2.15. The second kappa shape index (κ2) is 3.75. The molecule has 14 heavy (non-hydrogen) atoms. The Morgan fingerprint density at radius 1 is 1.29 bits per heavy atom. The summed E-state index contributed by atoms with van der Waals surface area (Å²) in [6, 6.07) is 2.17. The zero-order chi connectivity index (χ0) is 9.97. The monoisotopic (exact) mass is 187 g/mol. The summed E-state index contributed by atoms with van der Waals surface area (Å²) < 4.78 is 0. The lowest BCUT2D eigenvalue weighted by atomic mass is 9.94. The van der Waals surface area contributed by atoms with Gasteiger partial charge >= 0.3 is 0 Å². The number of rotatable bonds is 1. The molecule has 3 heteroatoms. The Balaban J connectivity index is 2.48. The zero-order valence-electron chi connectivity index (χ0n) is 8.38. The summed E-state index contributed by atoms with van der Waals surface area (Å²) in [6.07, 6.45) is 4.95. The van der Waals surface area contributed by atoms with Crippen LogP contribution in [0.4, 0.5) is 0 Å². The van der Waals surface area contributed by atoms with Gasteiger partial charge in [0, 0.05) is 5.69 Å². The first-order valence-electron chi connectivity index (χ1n) is 5.03. The Morgan fingerprint density at radius 3 is 2.86 bits per heavy atom. The second-order valence-corrected chi connectivity index (χ2v) is 3.68. The van der Waals surface area contributed by atoms with Gasteiger partial charge in [0.05, 0.1) is 18.2 Å². The predicted octanol–water partition coefficient (Wildman–Crippen LogP) is 1.73. The maximum atomic E-state index is 8.70. The second-order valence-electron chi connectivity index (χ2n) is 3.68. The molecular formula is C11H13N3. The van der Waals surface area contributed by atoms with Crippen molar-refractivity contribution >= 4 is 0 Å². The van der Waals surface area contributed by atoms with Crippen molar-refractivity contribution in [3.63, 3.8) is 0 Å². The van der Waals surface area contributed by atoms with Gasteiger partial charge in [-0.3, -0.25) is 0 Å². The van der Waals surface area contributed by atoms with Gasteiger partial charge in [-0.1, -0.05) is 0 Å². The molecule has 0 unspecified atom stereocenters. The molecule has 0 amide bonds. The number of aryl methyl sites for hydroxylation is 2. The summed E-state index contributed by atoms with van der Waals surface area (Å²) in [7, 11) is 0. The van der Waals surface area contributed by atoms with Gasteiger partial charge in [-0.15, -0.1) is 0 Å². The summed E-state index contributed by atoms with van der Waals surface area (Å²) in [6.45, 7) is 1.90. The van der Waals surface area contributed by atoms with E-state index in [1.54, 1.807) is 0 Å². The first-order valence-corrected chi connectivity index (χ1v) is 5.03. The van der Waals surface area contributed by atoms with Crippen LogP contribution in [0.15, 0.2) is 0 Å². The third-order valence-corrected chi connectivity index (χ3v) is 2.63. The minimum absolute atomic E-state index is 0.422. The molecule has 72 valence electrons. The van der Waals surface area contributed by atoms with E-state index in [9.17, 15) is 0 Å². The topological polar surface area (TPSA) is 49.6 Å². The molecule has 0 bridgehead atoms. The molecule has 1 aliphatic rings. The van der Waals surface area contributed by atoms with Crippen molar-refractivity contribution < 1.29 is 0 Å². The third-order valence-electron chi connectivity index (χ3n) is 2.63. The smallest absolute Gasteiger partial charge is 0.125 e. The minimum Gasteiger partial charge on any atom is -0.238 e. The van der Waals surface area contributed by atoms with Crippen molar-refractivity contribution in [3.05, 3.63) is 22.8 Å². The van der Waals surface area contributed by atoms with Crippen LogP contribution in [0.2, 0.25) is 0 Å². The van der Waals surface area contributed by atoms with Crippen LogP contribution in [0.1, 0.15) is 35.6 Å². The van der Waals surface area contributed by atoms with Gasteiger partial charge in [0.1, 0.15) is 5.82 Å². The molecule has 0 spiro atoms. The normalized spacial score (nSPS) is 14.6. The Kier molecular flexibility index (Phi) is 2.45. The van der Waals surface area contributed by atoms with Crippen molar-refractivity contribution in [3.8, 4) is 6.07 Å². The quantitative estimate of drug-likeness (QED) is 0.672. The lowest BCUT2D eigenvalue weighted by Crippen LogP contribution is -2.12. The summed E-state index contributed by atoms with van der Waals surface area (Å²) >= 11 is 0. The molecule has 0 radical (unpaired) electrons. The molecular weight excluding hydrogens is 174 g/mol. The van der Waals surface area contributed by atoms with E-state index in [1.165, 1.54) is 24.1 Å². The number of fused-ring (bicyclic) bond motifs is 1. The molecule has 0 aromatic carbocycles. The van der Waals surface area contributed by atoms with Crippen LogP contribution in [-0.2, 0) is 19.3 Å². The van der Waals surface area contributed by atoms with E-state index in [0.717, 1.165) is 24.4 Å². The van der Waals surface area contributed by atoms with E-state index in [-0.39, 0.29) is 0 Å². The van der Waals surface area contributed by atoms with Crippen LogP contribution >= 0.6 is 0 Å². The summed E-state index contributed by atoms with van der Waals surface area (Å²) in [4.78, 5) is 8.78. The average molecular weight is 187 g/mol. The molecule has 2 rings (SSSR count). The van der Waals surface area contributed by atoms with Crippen LogP contribution in [0.5, 0.6) is 0 Å². The fourth-order valence-electron chi connectivity index (χ4n) is 2.03. The molecule has 1 aliphatic carbocycles. The number of nitriles is 1. The summed E-state index contributed by atoms with van der Waals surface area (Å²) in [5, 5.41) is 8.70. The Morgan fingerprint density at radius 2 is 2.07 bits per heavy atom. The van der Waals surface area contributed by atoms with Crippen molar-refractivity contribution in [2.75, 3.05) is 0 Å². The highest BCUT2D eigenvalue weighted by molar-refractivity contribution is 5.29. The number of nitrogens with zero attached hydrogens (tertiary/aromatic N) is 3. The van der Waals surface area contributed by atoms with E-state index in [0.29, 0.717) is 6.42 Å². The average Bonchev–Trinajstić information content (AvgIpc) is 2.18. The molecule has 0 N–H and O–H groups in total. The molecule has 0 saturated heterocycles. The molecule has 1 aromatic rings. The largest absolute Gasteiger partial charge is 0.238 e. The van der Waals surface area contributed by atoms with Crippen LogP contribution in [0, 0.1) is 18.3 Å². The fraction of sp³-hybridized carbons (Fsp3) is 0.545. The summed E-state index contributed by atoms with van der Waals surface area (Å²) in [5.74, 6) is 0.802. The third kappa shape index (κ3) is 1.60. The van der Waals surface area contributed by atoms with Gasteiger partial charge in [-0.25, -0.2) is 9.97 Å². The number of aromatic nitrogens is 2. The van der Waals surface area contributed by atoms with E-state index < -0.39 is 0 Å². The lowest BCUT2D eigenvalue weighted by molar-refractivity contribution is 0.649. The number of hydrogen-bond donors (Lipinski definition) is 0. The predicted molar refractivity (Wildman–Crippen MR) is 52.7 cm³/mol. The molecule has 1 heterocycles. The molecule has 3 nitrogen and oxygen atoms in total. The first-order chi connectivity index (χ1) is 6.81. The Labute approximate surface area is 83.8 Å². The van der Waals surface area contributed by atoms with Gasteiger partial charge in [0.2, 0.25) is 0 Å². The van der Waals surface area contributed by atoms with E-state index in [1.807, 2.05) is 6.92 Å². The molecule has 0 saturated carbocycles. The maximum Gasteiger partial charge on any atom is 0.125 e. The van der Waals surface area contributed by atoms with Gasteiger partial charge in [0.15, 0.2) is 0 Å². The van der Waals surface area contributed by atoms with Gasteiger partial charge in [0.25, 0.3) is 0 Å². The maximum absolute atomic E-state index is 8.70. The Hall–Kier alpha value is -1.43. The highest BCUT2D eigenvalue weighted by atomic mass is 14.9. The number of hydrogen-bond acceptors (Lipinski definition) is 3. The first kappa shape index (κ1) is 9.14. The lowest BCUT2D eigenvalue weighted by Gasteiger charge is -2.17. The van der Waals surface area contributed by atoms with Crippen molar-refractivity contribution in [2.24, 2.45) is 0 Å². The standard InChI is InChI=1S/C11H13N3/c1-8-13-10-5-3-2-4-9(10)11(14-8)6-7-12/h2-6H2,1H3.